The molecular weight excluding hydrogens is 358 g/mol. The highest BCUT2D eigenvalue weighted by Crippen LogP contribution is 2.19. The van der Waals surface area contributed by atoms with Crippen LogP contribution < -0.4 is 20.3 Å². The topological polar surface area (TPSA) is 74.5 Å². The van der Waals surface area contributed by atoms with Gasteiger partial charge in [0.15, 0.2) is 6.10 Å². The minimum atomic E-state index is -0.780. The van der Waals surface area contributed by atoms with Crippen molar-refractivity contribution in [3.8, 4) is 17.2 Å². The van der Waals surface area contributed by atoms with E-state index in [-0.39, 0.29) is 11.2 Å². The minimum Gasteiger partial charge on any atom is -0.497 e. The fourth-order valence-electron chi connectivity index (χ4n) is 2.85. The molecule has 2 aromatic carbocycles. The van der Waals surface area contributed by atoms with Crippen LogP contribution in [-0.4, -0.2) is 28.5 Å². The second-order valence-corrected chi connectivity index (χ2v) is 6.36. The summed E-state index contributed by atoms with van der Waals surface area (Å²) in [5.41, 5.74) is 1.32. The number of anilines is 1. The molecule has 1 aromatic heterocycles. The molecular formula is C21H23N3O4. The van der Waals surface area contributed by atoms with Crippen molar-refractivity contribution in [2.24, 2.45) is 7.05 Å². The molecule has 3 aromatic rings. The number of amides is 1. The summed E-state index contributed by atoms with van der Waals surface area (Å²) < 4.78 is 14.0. The summed E-state index contributed by atoms with van der Waals surface area (Å²) in [7, 11) is 3.35. The van der Waals surface area contributed by atoms with Crippen LogP contribution in [0, 0.1) is 6.92 Å². The zero-order valence-corrected chi connectivity index (χ0v) is 16.3. The smallest absolute Gasteiger partial charge is 0.295 e. The molecule has 7 heteroatoms. The Morgan fingerprint density at radius 2 is 1.64 bits per heavy atom. The van der Waals surface area contributed by atoms with Crippen LogP contribution in [0.1, 0.15) is 12.6 Å². The van der Waals surface area contributed by atoms with Crippen LogP contribution in [0.25, 0.3) is 5.69 Å². The van der Waals surface area contributed by atoms with Gasteiger partial charge in [-0.1, -0.05) is 18.2 Å². The number of methoxy groups -OCH3 is 1. The number of benzene rings is 2. The van der Waals surface area contributed by atoms with E-state index in [4.69, 9.17) is 9.47 Å². The molecule has 3 rings (SSSR count). The molecule has 28 heavy (non-hydrogen) atoms. The van der Waals surface area contributed by atoms with Crippen molar-refractivity contribution in [2.45, 2.75) is 20.0 Å². The SMILES string of the molecule is COc1ccc(O[C@H](C)C(=O)Nc2c(C)n(C)n(-c3ccccc3)c2=O)cc1. The second kappa shape index (κ2) is 8.04. The van der Waals surface area contributed by atoms with E-state index in [1.807, 2.05) is 30.3 Å². The summed E-state index contributed by atoms with van der Waals surface area (Å²) >= 11 is 0. The molecule has 1 atom stereocenters. The Morgan fingerprint density at radius 1 is 1.04 bits per heavy atom. The average Bonchev–Trinajstić information content (AvgIpc) is 2.92. The first-order valence-electron chi connectivity index (χ1n) is 8.88. The number of ether oxygens (including phenoxy) is 2. The lowest BCUT2D eigenvalue weighted by Gasteiger charge is -2.14. The van der Waals surface area contributed by atoms with Crippen LogP contribution in [0.5, 0.6) is 11.5 Å². The number of para-hydroxylation sites is 1. The van der Waals surface area contributed by atoms with Crippen molar-refractivity contribution >= 4 is 11.6 Å². The van der Waals surface area contributed by atoms with Crippen LogP contribution in [0.4, 0.5) is 5.69 Å². The number of carbonyl (C=O) groups is 1. The number of nitrogens with one attached hydrogen (secondary N) is 1. The Bertz CT molecular complexity index is 1020. The molecule has 0 saturated heterocycles. The molecule has 0 aliphatic heterocycles. The highest BCUT2D eigenvalue weighted by molar-refractivity contribution is 5.94. The van der Waals surface area contributed by atoms with Gasteiger partial charge in [0.2, 0.25) is 0 Å². The van der Waals surface area contributed by atoms with Gasteiger partial charge in [-0.2, -0.15) is 0 Å². The Kier molecular flexibility index (Phi) is 5.54. The lowest BCUT2D eigenvalue weighted by Crippen LogP contribution is -2.32. The maximum absolute atomic E-state index is 12.9. The molecule has 146 valence electrons. The lowest BCUT2D eigenvalue weighted by atomic mass is 10.3. The third kappa shape index (κ3) is 3.78. The summed E-state index contributed by atoms with van der Waals surface area (Å²) in [6, 6.07) is 16.2. The summed E-state index contributed by atoms with van der Waals surface area (Å²) in [4.78, 5) is 25.5. The van der Waals surface area contributed by atoms with Gasteiger partial charge >= 0.3 is 0 Å². The number of aromatic nitrogens is 2. The highest BCUT2D eigenvalue weighted by Gasteiger charge is 2.21. The molecule has 0 saturated carbocycles. The van der Waals surface area contributed by atoms with E-state index in [9.17, 15) is 9.59 Å². The van der Waals surface area contributed by atoms with Crippen molar-refractivity contribution < 1.29 is 14.3 Å². The third-order valence-corrected chi connectivity index (χ3v) is 4.54. The lowest BCUT2D eigenvalue weighted by molar-refractivity contribution is -0.122. The normalized spacial score (nSPS) is 11.7. The second-order valence-electron chi connectivity index (χ2n) is 6.36. The van der Waals surface area contributed by atoms with Crippen molar-refractivity contribution in [1.29, 1.82) is 0 Å². The van der Waals surface area contributed by atoms with Gasteiger partial charge < -0.3 is 14.8 Å². The number of rotatable bonds is 6. The van der Waals surface area contributed by atoms with Gasteiger partial charge in [-0.05, 0) is 50.2 Å². The molecule has 1 N–H and O–H groups in total. The molecule has 0 bridgehead atoms. The van der Waals surface area contributed by atoms with E-state index in [1.165, 1.54) is 4.68 Å². The molecule has 0 unspecified atom stereocenters. The monoisotopic (exact) mass is 381 g/mol. The number of nitrogens with zero attached hydrogens (tertiary/aromatic N) is 2. The summed E-state index contributed by atoms with van der Waals surface area (Å²) in [6.07, 6.45) is -0.780. The van der Waals surface area contributed by atoms with E-state index in [2.05, 4.69) is 5.32 Å². The van der Waals surface area contributed by atoms with Gasteiger partial charge in [-0.15, -0.1) is 0 Å². The van der Waals surface area contributed by atoms with Gasteiger partial charge in [-0.3, -0.25) is 14.3 Å². The molecule has 7 nitrogen and oxygen atoms in total. The van der Waals surface area contributed by atoms with Crippen LogP contribution in [-0.2, 0) is 11.8 Å². The Hall–Kier alpha value is -3.48. The van der Waals surface area contributed by atoms with Gasteiger partial charge in [0.25, 0.3) is 11.5 Å². The van der Waals surface area contributed by atoms with Crippen molar-refractivity contribution in [2.75, 3.05) is 12.4 Å². The van der Waals surface area contributed by atoms with Crippen LogP contribution >= 0.6 is 0 Å². The molecule has 0 fully saturated rings. The Balaban J connectivity index is 1.79. The van der Waals surface area contributed by atoms with E-state index in [0.29, 0.717) is 17.2 Å². The Labute approximate surface area is 163 Å². The Morgan fingerprint density at radius 3 is 2.25 bits per heavy atom. The predicted molar refractivity (Wildman–Crippen MR) is 107 cm³/mol. The standard InChI is InChI=1S/C21H23N3O4/c1-14-19(21(26)24(23(14)3)16-8-6-5-7-9-16)22-20(25)15(2)28-18-12-10-17(27-4)11-13-18/h5-13,15H,1-4H3,(H,22,25)/t15-/m1/s1. The van der Waals surface area contributed by atoms with E-state index in [0.717, 1.165) is 5.69 Å². The first kappa shape index (κ1) is 19.3. The van der Waals surface area contributed by atoms with Crippen molar-refractivity contribution in [1.82, 2.24) is 9.36 Å². The van der Waals surface area contributed by atoms with Crippen LogP contribution in [0.3, 0.4) is 0 Å². The molecule has 0 radical (unpaired) electrons. The maximum atomic E-state index is 12.9. The number of hydrogen-bond donors (Lipinski definition) is 1. The molecule has 0 aliphatic rings. The summed E-state index contributed by atoms with van der Waals surface area (Å²) in [5, 5.41) is 2.71. The van der Waals surface area contributed by atoms with Gasteiger partial charge in [0.05, 0.1) is 18.5 Å². The van der Waals surface area contributed by atoms with E-state index in [1.54, 1.807) is 57.0 Å². The molecule has 0 spiro atoms. The first-order chi connectivity index (χ1) is 13.4. The molecule has 0 aliphatic carbocycles. The van der Waals surface area contributed by atoms with Gasteiger partial charge in [-0.25, -0.2) is 4.68 Å². The summed E-state index contributed by atoms with van der Waals surface area (Å²) in [5.74, 6) is 0.836. The fourth-order valence-corrected chi connectivity index (χ4v) is 2.85. The third-order valence-electron chi connectivity index (χ3n) is 4.54. The first-order valence-corrected chi connectivity index (χ1v) is 8.88. The molecule has 1 heterocycles. The number of carbonyl (C=O) groups excluding carboxylic acids is 1. The minimum absolute atomic E-state index is 0.238. The van der Waals surface area contributed by atoms with Gasteiger partial charge in [0, 0.05) is 7.05 Å². The van der Waals surface area contributed by atoms with E-state index >= 15 is 0 Å². The van der Waals surface area contributed by atoms with Crippen LogP contribution in [0.2, 0.25) is 0 Å². The summed E-state index contributed by atoms with van der Waals surface area (Å²) in [6.45, 7) is 3.42. The zero-order valence-electron chi connectivity index (χ0n) is 16.3. The largest absolute Gasteiger partial charge is 0.497 e. The average molecular weight is 381 g/mol. The van der Waals surface area contributed by atoms with Crippen molar-refractivity contribution in [3.63, 3.8) is 0 Å². The quantitative estimate of drug-likeness (QED) is 0.712. The van der Waals surface area contributed by atoms with Crippen molar-refractivity contribution in [3.05, 3.63) is 70.6 Å². The highest BCUT2D eigenvalue weighted by atomic mass is 16.5. The maximum Gasteiger partial charge on any atom is 0.295 e. The molecule has 1 amide bonds. The zero-order chi connectivity index (χ0) is 20.3. The number of hydrogen-bond acceptors (Lipinski definition) is 4. The van der Waals surface area contributed by atoms with Crippen LogP contribution in [0.15, 0.2) is 59.4 Å². The van der Waals surface area contributed by atoms with Gasteiger partial charge in [0.1, 0.15) is 17.2 Å². The fraction of sp³-hybridized carbons (Fsp3) is 0.238. The predicted octanol–water partition coefficient (Wildman–Crippen LogP) is 2.90. The van der Waals surface area contributed by atoms with E-state index < -0.39 is 12.0 Å².